The third-order valence-corrected chi connectivity index (χ3v) is 6.35. The number of aliphatic hydroxyl groups excluding tert-OH is 1. The molecular weight excluding hydrogens is 470 g/mol. The number of rotatable bonds is 8. The molecule has 1 atom stereocenters. The number of aromatic amines is 1. The second-order valence-electron chi connectivity index (χ2n) is 8.60. The summed E-state index contributed by atoms with van der Waals surface area (Å²) in [5, 5.41) is 12.5. The van der Waals surface area contributed by atoms with Crippen molar-refractivity contribution in [2.24, 2.45) is 0 Å². The molecule has 1 saturated heterocycles. The fourth-order valence-electron chi connectivity index (χ4n) is 4.75. The first-order valence-corrected chi connectivity index (χ1v) is 12.2. The van der Waals surface area contributed by atoms with Gasteiger partial charge in [0.1, 0.15) is 17.3 Å². The molecule has 0 bridgehead atoms. The molecule has 1 aliphatic heterocycles. The Morgan fingerprint density at radius 2 is 1.86 bits per heavy atom. The predicted molar refractivity (Wildman–Crippen MR) is 139 cm³/mol. The monoisotopic (exact) mass is 497 g/mol. The minimum Gasteiger partial charge on any atom is -0.507 e. The van der Waals surface area contributed by atoms with Gasteiger partial charge in [-0.25, -0.2) is 0 Å². The maximum atomic E-state index is 13.5. The lowest BCUT2D eigenvalue weighted by Crippen LogP contribution is -2.29. The van der Waals surface area contributed by atoms with Gasteiger partial charge in [-0.1, -0.05) is 24.3 Å². The van der Waals surface area contributed by atoms with E-state index in [0.29, 0.717) is 35.8 Å². The summed E-state index contributed by atoms with van der Waals surface area (Å²) in [4.78, 5) is 35.8. The van der Waals surface area contributed by atoms with Crippen LogP contribution in [0.3, 0.4) is 0 Å². The summed E-state index contributed by atoms with van der Waals surface area (Å²) < 4.78 is 11.4. The Labute approximate surface area is 214 Å². The number of pyridine rings is 1. The van der Waals surface area contributed by atoms with E-state index in [1.54, 1.807) is 42.9 Å². The molecule has 5 rings (SSSR count). The first-order valence-electron chi connectivity index (χ1n) is 12.2. The van der Waals surface area contributed by atoms with Gasteiger partial charge in [-0.05, 0) is 43.7 Å². The van der Waals surface area contributed by atoms with E-state index in [0.717, 1.165) is 16.5 Å². The third kappa shape index (κ3) is 4.42. The highest BCUT2D eigenvalue weighted by Gasteiger charge is 2.47. The van der Waals surface area contributed by atoms with Gasteiger partial charge < -0.3 is 24.5 Å². The number of likely N-dealkylation sites (tertiary alicyclic amines) is 1. The standard InChI is InChI=1S/C29H27N3O5/c1-3-36-19-11-12-21(24(14-19)37-4-2)27(33)25-26(22-16-31-23-10-6-5-9-20(22)23)32(29(35)28(25)34)17-18-8-7-13-30-15-18/h5-16,26,31,33H,3-4,17H2,1-2H3/b27-25+. The number of H-pyrrole nitrogens is 1. The summed E-state index contributed by atoms with van der Waals surface area (Å²) in [5.74, 6) is -0.804. The minimum absolute atomic E-state index is 0.00348. The van der Waals surface area contributed by atoms with Gasteiger partial charge in [0, 0.05) is 47.7 Å². The first kappa shape index (κ1) is 24.1. The van der Waals surface area contributed by atoms with E-state index < -0.39 is 17.7 Å². The molecule has 2 N–H and O–H groups in total. The fourth-order valence-corrected chi connectivity index (χ4v) is 4.75. The molecule has 8 heteroatoms. The Kier molecular flexibility index (Phi) is 6.64. The Balaban J connectivity index is 1.70. The molecule has 3 heterocycles. The highest BCUT2D eigenvalue weighted by atomic mass is 16.5. The quantitative estimate of drug-likeness (QED) is 0.202. The molecule has 37 heavy (non-hydrogen) atoms. The van der Waals surface area contributed by atoms with Crippen LogP contribution in [0.25, 0.3) is 16.7 Å². The van der Waals surface area contributed by atoms with Crippen LogP contribution in [0.1, 0.15) is 36.6 Å². The molecule has 188 valence electrons. The normalized spacial score (nSPS) is 16.9. The SMILES string of the molecule is CCOc1ccc(/C(O)=C2\C(=O)C(=O)N(Cc3cccnc3)C2c2c[nH]c3ccccc23)c(OCC)c1. The van der Waals surface area contributed by atoms with Crippen molar-refractivity contribution in [2.75, 3.05) is 13.2 Å². The van der Waals surface area contributed by atoms with E-state index >= 15 is 0 Å². The van der Waals surface area contributed by atoms with E-state index in [1.807, 2.05) is 44.2 Å². The van der Waals surface area contributed by atoms with E-state index in [2.05, 4.69) is 9.97 Å². The zero-order chi connectivity index (χ0) is 25.9. The van der Waals surface area contributed by atoms with Crippen molar-refractivity contribution in [3.8, 4) is 11.5 Å². The van der Waals surface area contributed by atoms with Crippen LogP contribution in [0.4, 0.5) is 0 Å². The first-order chi connectivity index (χ1) is 18.0. The van der Waals surface area contributed by atoms with Crippen molar-refractivity contribution >= 4 is 28.4 Å². The molecule has 0 saturated carbocycles. The van der Waals surface area contributed by atoms with E-state index in [1.165, 1.54) is 4.90 Å². The van der Waals surface area contributed by atoms with Gasteiger partial charge in [-0.3, -0.25) is 14.6 Å². The second-order valence-corrected chi connectivity index (χ2v) is 8.60. The number of fused-ring (bicyclic) bond motifs is 1. The van der Waals surface area contributed by atoms with E-state index in [9.17, 15) is 14.7 Å². The third-order valence-electron chi connectivity index (χ3n) is 6.35. The Hall–Kier alpha value is -4.59. The number of ether oxygens (including phenoxy) is 2. The number of hydrogen-bond donors (Lipinski definition) is 2. The number of nitrogens with zero attached hydrogens (tertiary/aromatic N) is 2. The fraction of sp³-hybridized carbons (Fsp3) is 0.207. The Morgan fingerprint density at radius 3 is 2.62 bits per heavy atom. The Bertz CT molecular complexity index is 1490. The lowest BCUT2D eigenvalue weighted by molar-refractivity contribution is -0.140. The second kappa shape index (κ2) is 10.2. The number of hydrogen-bond acceptors (Lipinski definition) is 6. The van der Waals surface area contributed by atoms with Crippen LogP contribution < -0.4 is 9.47 Å². The van der Waals surface area contributed by atoms with E-state index in [4.69, 9.17) is 9.47 Å². The maximum Gasteiger partial charge on any atom is 0.295 e. The summed E-state index contributed by atoms with van der Waals surface area (Å²) >= 11 is 0. The van der Waals surface area contributed by atoms with Crippen molar-refractivity contribution in [1.29, 1.82) is 0 Å². The molecule has 2 aromatic heterocycles. The van der Waals surface area contributed by atoms with Crippen LogP contribution in [0.2, 0.25) is 0 Å². The number of aliphatic hydroxyl groups is 1. The van der Waals surface area contributed by atoms with Crippen LogP contribution >= 0.6 is 0 Å². The van der Waals surface area contributed by atoms with Crippen molar-refractivity contribution in [3.63, 3.8) is 0 Å². The van der Waals surface area contributed by atoms with Gasteiger partial charge in [0.05, 0.1) is 30.4 Å². The van der Waals surface area contributed by atoms with Crippen LogP contribution in [-0.2, 0) is 16.1 Å². The van der Waals surface area contributed by atoms with Crippen LogP contribution in [-0.4, -0.2) is 44.9 Å². The summed E-state index contributed by atoms with van der Waals surface area (Å²) in [5.41, 5.74) is 2.66. The number of carbonyl (C=O) groups excluding carboxylic acids is 2. The number of para-hydroxylation sites is 1. The highest BCUT2D eigenvalue weighted by molar-refractivity contribution is 6.46. The lowest BCUT2D eigenvalue weighted by Gasteiger charge is -2.25. The van der Waals surface area contributed by atoms with Crippen LogP contribution in [0.15, 0.2) is 78.8 Å². The predicted octanol–water partition coefficient (Wildman–Crippen LogP) is 4.98. The summed E-state index contributed by atoms with van der Waals surface area (Å²) in [6, 6.07) is 15.5. The summed E-state index contributed by atoms with van der Waals surface area (Å²) in [6.45, 7) is 4.67. The molecule has 4 aromatic rings. The van der Waals surface area contributed by atoms with Gasteiger partial charge in [0.25, 0.3) is 11.7 Å². The molecule has 0 aliphatic carbocycles. The average Bonchev–Trinajstić information content (AvgIpc) is 3.44. The van der Waals surface area contributed by atoms with Crippen molar-refractivity contribution in [2.45, 2.75) is 26.4 Å². The molecule has 8 nitrogen and oxygen atoms in total. The highest BCUT2D eigenvalue weighted by Crippen LogP contribution is 2.44. The molecule has 0 spiro atoms. The van der Waals surface area contributed by atoms with Crippen LogP contribution in [0, 0.1) is 0 Å². The number of ketones is 1. The van der Waals surface area contributed by atoms with Gasteiger partial charge in [0.2, 0.25) is 0 Å². The number of nitrogens with one attached hydrogen (secondary N) is 1. The largest absolute Gasteiger partial charge is 0.507 e. The van der Waals surface area contributed by atoms with Crippen molar-refractivity contribution in [3.05, 3.63) is 95.5 Å². The van der Waals surface area contributed by atoms with E-state index in [-0.39, 0.29) is 17.9 Å². The van der Waals surface area contributed by atoms with Crippen molar-refractivity contribution in [1.82, 2.24) is 14.9 Å². The van der Waals surface area contributed by atoms with Gasteiger partial charge >= 0.3 is 0 Å². The molecule has 0 radical (unpaired) electrons. The van der Waals surface area contributed by atoms with Gasteiger partial charge in [0.15, 0.2) is 0 Å². The zero-order valence-electron chi connectivity index (χ0n) is 20.6. The Morgan fingerprint density at radius 1 is 1.05 bits per heavy atom. The lowest BCUT2D eigenvalue weighted by atomic mass is 9.94. The smallest absolute Gasteiger partial charge is 0.295 e. The van der Waals surface area contributed by atoms with Crippen molar-refractivity contribution < 1.29 is 24.2 Å². The number of amides is 1. The van der Waals surface area contributed by atoms with Gasteiger partial charge in [-0.15, -0.1) is 0 Å². The molecule has 1 fully saturated rings. The van der Waals surface area contributed by atoms with Crippen LogP contribution in [0.5, 0.6) is 11.5 Å². The minimum atomic E-state index is -0.822. The average molecular weight is 498 g/mol. The maximum absolute atomic E-state index is 13.5. The molecule has 1 unspecified atom stereocenters. The van der Waals surface area contributed by atoms with Gasteiger partial charge in [-0.2, -0.15) is 0 Å². The number of Topliss-reactive ketones (excluding diaryl/α,β-unsaturated/α-hetero) is 1. The summed E-state index contributed by atoms with van der Waals surface area (Å²) in [7, 11) is 0. The number of carbonyl (C=O) groups is 2. The summed E-state index contributed by atoms with van der Waals surface area (Å²) in [6.07, 6.45) is 5.09. The number of aromatic nitrogens is 2. The molecule has 1 aliphatic rings. The molecule has 1 amide bonds. The number of benzene rings is 2. The topological polar surface area (TPSA) is 105 Å². The zero-order valence-corrected chi connectivity index (χ0v) is 20.6. The molecular formula is C29H27N3O5. The molecule has 2 aromatic carbocycles.